The Hall–Kier alpha value is -2.09. The van der Waals surface area contributed by atoms with Gasteiger partial charge in [-0.25, -0.2) is 8.42 Å². The summed E-state index contributed by atoms with van der Waals surface area (Å²) in [6.07, 6.45) is 0. The fraction of sp³-hybridized carbons (Fsp3) is 0.350. The number of rotatable bonds is 5. The van der Waals surface area contributed by atoms with Gasteiger partial charge in [0, 0.05) is 43.9 Å². The quantitative estimate of drug-likeness (QED) is 0.744. The largest absolute Gasteiger partial charge is 0.368 e. The first-order chi connectivity index (χ1) is 13.3. The zero-order valence-electron chi connectivity index (χ0n) is 16.0. The molecular formula is C20H24ClN3O3S. The zero-order valence-corrected chi connectivity index (χ0v) is 17.6. The molecule has 0 aromatic heterocycles. The van der Waals surface area contributed by atoms with Crippen LogP contribution in [0.3, 0.4) is 0 Å². The molecule has 1 amide bonds. The Kier molecular flexibility index (Phi) is 6.27. The number of carbonyl (C=O) groups is 1. The van der Waals surface area contributed by atoms with E-state index in [4.69, 9.17) is 11.6 Å². The number of piperazine rings is 1. The molecule has 2 aromatic rings. The Morgan fingerprint density at radius 3 is 2.25 bits per heavy atom. The van der Waals surface area contributed by atoms with Crippen molar-refractivity contribution in [1.82, 2.24) is 9.21 Å². The zero-order chi connectivity index (χ0) is 20.3. The molecule has 0 atom stereocenters. The van der Waals surface area contributed by atoms with Crippen LogP contribution >= 0.6 is 11.6 Å². The van der Waals surface area contributed by atoms with Crippen molar-refractivity contribution in [2.75, 3.05) is 44.7 Å². The van der Waals surface area contributed by atoms with E-state index in [9.17, 15) is 13.2 Å². The average Bonchev–Trinajstić information content (AvgIpc) is 2.69. The molecule has 1 aliphatic rings. The highest BCUT2D eigenvalue weighted by Crippen LogP contribution is 2.21. The van der Waals surface area contributed by atoms with Crippen molar-refractivity contribution in [2.24, 2.45) is 0 Å². The maximum atomic E-state index is 12.6. The maximum Gasteiger partial charge on any atom is 0.243 e. The third-order valence-electron chi connectivity index (χ3n) is 4.97. The summed E-state index contributed by atoms with van der Waals surface area (Å²) in [7, 11) is -2.31. The molecule has 0 bridgehead atoms. The second kappa shape index (κ2) is 8.51. The van der Waals surface area contributed by atoms with Crippen molar-refractivity contribution in [3.8, 4) is 0 Å². The Morgan fingerprint density at radius 2 is 1.64 bits per heavy atom. The van der Waals surface area contributed by atoms with E-state index in [0.717, 1.165) is 17.4 Å². The molecule has 28 heavy (non-hydrogen) atoms. The fourth-order valence-electron chi connectivity index (χ4n) is 3.28. The normalized spacial score (nSPS) is 15.1. The summed E-state index contributed by atoms with van der Waals surface area (Å²) in [5, 5.41) is 0.462. The van der Waals surface area contributed by atoms with E-state index < -0.39 is 10.0 Å². The number of benzene rings is 2. The van der Waals surface area contributed by atoms with E-state index in [1.54, 1.807) is 4.90 Å². The number of hydrogen-bond donors (Lipinski definition) is 0. The number of carbonyl (C=O) groups excluding carboxylic acids is 1. The molecule has 0 radical (unpaired) electrons. The molecule has 8 heteroatoms. The Balaban J connectivity index is 1.59. The van der Waals surface area contributed by atoms with Gasteiger partial charge < -0.3 is 9.80 Å². The minimum atomic E-state index is -3.73. The predicted molar refractivity (Wildman–Crippen MR) is 111 cm³/mol. The highest BCUT2D eigenvalue weighted by atomic mass is 35.5. The molecule has 0 aliphatic carbocycles. The smallest absolute Gasteiger partial charge is 0.243 e. The van der Waals surface area contributed by atoms with Gasteiger partial charge in [0.25, 0.3) is 0 Å². The molecule has 0 N–H and O–H groups in total. The molecule has 0 unspecified atom stereocenters. The van der Waals surface area contributed by atoms with Crippen LogP contribution in [-0.4, -0.2) is 63.3 Å². The molecule has 1 heterocycles. The highest BCUT2D eigenvalue weighted by molar-refractivity contribution is 7.89. The first kappa shape index (κ1) is 20.6. The number of nitrogens with zero attached hydrogens (tertiary/aromatic N) is 3. The Bertz CT molecular complexity index is 939. The van der Waals surface area contributed by atoms with Crippen LogP contribution in [0.2, 0.25) is 5.02 Å². The summed E-state index contributed by atoms with van der Waals surface area (Å²) in [5.74, 6) is -0.190. The number of likely N-dealkylation sites (N-methyl/N-ethyl adjacent to an activating group) is 1. The van der Waals surface area contributed by atoms with Crippen molar-refractivity contribution in [3.05, 3.63) is 59.1 Å². The second-order valence-corrected chi connectivity index (χ2v) is 9.35. The van der Waals surface area contributed by atoms with Gasteiger partial charge in [0.05, 0.1) is 11.4 Å². The lowest BCUT2D eigenvalue weighted by atomic mass is 10.1. The summed E-state index contributed by atoms with van der Waals surface area (Å²) < 4.78 is 26.4. The Labute approximate surface area is 171 Å². The molecule has 2 aromatic carbocycles. The van der Waals surface area contributed by atoms with Gasteiger partial charge in [-0.05, 0) is 42.8 Å². The number of anilines is 1. The van der Waals surface area contributed by atoms with Crippen LogP contribution in [0.1, 0.15) is 5.56 Å². The standard InChI is InChI=1S/C20H24ClN3O3S/c1-16-5-3-4-6-19(16)23-11-13-24(14-12-23)20(25)15-22(2)28(26,27)18-9-7-17(21)8-10-18/h3-10H,11-15H2,1-2H3. The first-order valence-corrected chi connectivity index (χ1v) is 10.9. The van der Waals surface area contributed by atoms with Crippen LogP contribution in [0.25, 0.3) is 0 Å². The lowest BCUT2D eigenvalue weighted by Crippen LogP contribution is -2.51. The summed E-state index contributed by atoms with van der Waals surface area (Å²) in [4.78, 5) is 16.7. The minimum Gasteiger partial charge on any atom is -0.368 e. The molecule has 150 valence electrons. The van der Waals surface area contributed by atoms with Gasteiger partial charge in [-0.3, -0.25) is 4.79 Å². The van der Waals surface area contributed by atoms with E-state index in [1.807, 2.05) is 12.1 Å². The number of halogens is 1. The van der Waals surface area contributed by atoms with Gasteiger partial charge >= 0.3 is 0 Å². The molecule has 1 saturated heterocycles. The van der Waals surface area contributed by atoms with Crippen LogP contribution < -0.4 is 4.90 Å². The molecule has 1 aliphatic heterocycles. The number of aryl methyl sites for hydroxylation is 1. The monoisotopic (exact) mass is 421 g/mol. The predicted octanol–water partition coefficient (Wildman–Crippen LogP) is 2.62. The molecule has 6 nitrogen and oxygen atoms in total. The van der Waals surface area contributed by atoms with Gasteiger partial charge in [0.1, 0.15) is 0 Å². The maximum absolute atomic E-state index is 12.6. The average molecular weight is 422 g/mol. The molecule has 0 spiro atoms. The van der Waals surface area contributed by atoms with Crippen LogP contribution in [0.15, 0.2) is 53.4 Å². The summed E-state index contributed by atoms with van der Waals surface area (Å²) in [5.41, 5.74) is 2.38. The van der Waals surface area contributed by atoms with Crippen LogP contribution in [0.4, 0.5) is 5.69 Å². The Morgan fingerprint density at radius 1 is 1.04 bits per heavy atom. The van der Waals surface area contributed by atoms with Gasteiger partial charge in [-0.2, -0.15) is 4.31 Å². The lowest BCUT2D eigenvalue weighted by molar-refractivity contribution is -0.131. The second-order valence-electron chi connectivity index (χ2n) is 6.87. The van der Waals surface area contributed by atoms with Crippen LogP contribution in [0.5, 0.6) is 0 Å². The van der Waals surface area contributed by atoms with E-state index in [2.05, 4.69) is 24.0 Å². The van der Waals surface area contributed by atoms with E-state index >= 15 is 0 Å². The van der Waals surface area contributed by atoms with Gasteiger partial charge in [-0.15, -0.1) is 0 Å². The van der Waals surface area contributed by atoms with E-state index in [1.165, 1.54) is 42.6 Å². The van der Waals surface area contributed by atoms with E-state index in [-0.39, 0.29) is 17.3 Å². The molecule has 3 rings (SSSR count). The number of amides is 1. The third-order valence-corrected chi connectivity index (χ3v) is 7.04. The SMILES string of the molecule is Cc1ccccc1N1CCN(C(=O)CN(C)S(=O)(=O)c2ccc(Cl)cc2)CC1. The van der Waals surface area contributed by atoms with Crippen molar-refractivity contribution in [1.29, 1.82) is 0 Å². The molecular weight excluding hydrogens is 398 g/mol. The van der Waals surface area contributed by atoms with Gasteiger partial charge in [-0.1, -0.05) is 29.8 Å². The molecule has 1 fully saturated rings. The van der Waals surface area contributed by atoms with Gasteiger partial charge in [0.15, 0.2) is 0 Å². The topological polar surface area (TPSA) is 60.9 Å². The van der Waals surface area contributed by atoms with Crippen molar-refractivity contribution < 1.29 is 13.2 Å². The number of sulfonamides is 1. The van der Waals surface area contributed by atoms with Crippen LogP contribution in [0, 0.1) is 6.92 Å². The van der Waals surface area contributed by atoms with Gasteiger partial charge in [0.2, 0.25) is 15.9 Å². The third kappa shape index (κ3) is 4.48. The summed E-state index contributed by atoms with van der Waals surface area (Å²) in [6.45, 7) is 4.48. The first-order valence-electron chi connectivity index (χ1n) is 9.09. The summed E-state index contributed by atoms with van der Waals surface area (Å²) in [6, 6.07) is 14.1. The number of para-hydroxylation sites is 1. The van der Waals surface area contributed by atoms with E-state index in [0.29, 0.717) is 18.1 Å². The summed E-state index contributed by atoms with van der Waals surface area (Å²) >= 11 is 5.82. The highest BCUT2D eigenvalue weighted by Gasteiger charge is 2.27. The fourth-order valence-corrected chi connectivity index (χ4v) is 4.52. The number of hydrogen-bond acceptors (Lipinski definition) is 4. The van der Waals surface area contributed by atoms with Crippen LogP contribution in [-0.2, 0) is 14.8 Å². The van der Waals surface area contributed by atoms with Crippen molar-refractivity contribution in [2.45, 2.75) is 11.8 Å². The lowest BCUT2D eigenvalue weighted by Gasteiger charge is -2.37. The van der Waals surface area contributed by atoms with Crippen molar-refractivity contribution >= 4 is 33.2 Å². The minimum absolute atomic E-state index is 0.122. The van der Waals surface area contributed by atoms with Crippen molar-refractivity contribution in [3.63, 3.8) is 0 Å². The molecule has 0 saturated carbocycles.